The summed E-state index contributed by atoms with van der Waals surface area (Å²) in [6.45, 7) is 6.70. The van der Waals surface area contributed by atoms with Crippen molar-refractivity contribution in [3.63, 3.8) is 0 Å². The molecule has 0 unspecified atom stereocenters. The summed E-state index contributed by atoms with van der Waals surface area (Å²) in [5.41, 5.74) is 7.65. The molecule has 3 aromatic heterocycles. The van der Waals surface area contributed by atoms with E-state index < -0.39 is 17.6 Å². The average molecular weight is 565 g/mol. The average Bonchev–Trinajstić information content (AvgIpc) is 3.65. The summed E-state index contributed by atoms with van der Waals surface area (Å²) < 4.78 is 30.2. The van der Waals surface area contributed by atoms with Gasteiger partial charge in [-0.25, -0.2) is 24.1 Å². The first-order chi connectivity index (χ1) is 19.6. The third-order valence-corrected chi connectivity index (χ3v) is 8.09. The predicted octanol–water partition coefficient (Wildman–Crippen LogP) is 3.20. The zero-order chi connectivity index (χ0) is 29.1. The van der Waals surface area contributed by atoms with Gasteiger partial charge >= 0.3 is 5.97 Å². The zero-order valence-electron chi connectivity index (χ0n) is 23.4. The highest BCUT2D eigenvalue weighted by Gasteiger charge is 2.48. The fourth-order valence-corrected chi connectivity index (χ4v) is 5.36. The van der Waals surface area contributed by atoms with Crippen LogP contribution >= 0.6 is 0 Å². The molecule has 0 bridgehead atoms. The molecule has 2 fully saturated rings. The molecule has 3 aliphatic rings. The topological polar surface area (TPSA) is 142 Å². The van der Waals surface area contributed by atoms with Gasteiger partial charge in [-0.05, 0) is 43.9 Å². The molecule has 1 saturated heterocycles. The van der Waals surface area contributed by atoms with Crippen LogP contribution in [-0.4, -0.2) is 76.9 Å². The van der Waals surface area contributed by atoms with E-state index in [1.165, 1.54) is 0 Å². The molecule has 11 nitrogen and oxygen atoms in total. The molecule has 0 spiro atoms. The van der Waals surface area contributed by atoms with Gasteiger partial charge in [-0.2, -0.15) is 0 Å². The number of fused-ring (bicyclic) bond motifs is 2. The van der Waals surface area contributed by atoms with Crippen LogP contribution in [0.25, 0.3) is 10.8 Å². The number of hydrogen-bond donors (Lipinski definition) is 2. The number of cyclic esters (lactones) is 1. The van der Waals surface area contributed by atoms with Crippen molar-refractivity contribution in [1.29, 1.82) is 0 Å². The molecule has 5 atom stereocenters. The molecule has 2 aliphatic heterocycles. The number of methoxy groups -OCH3 is 1. The number of carbonyl (C=O) groups excluding carboxylic acids is 2. The smallest absolute Gasteiger partial charge is 0.340 e. The van der Waals surface area contributed by atoms with Gasteiger partial charge in [0.05, 0.1) is 47.8 Å². The number of rotatable bonds is 8. The summed E-state index contributed by atoms with van der Waals surface area (Å²) in [6, 6.07) is 5.27. The Kier molecular flexibility index (Phi) is 6.77. The Morgan fingerprint density at radius 2 is 1.98 bits per heavy atom. The number of carbonyl (C=O) groups is 2. The standard InChI is InChI=1S/C29H33FN6O5/c1-14-15(2)40-28(38)17-5-6-23(35-25(14)17)34-24-8-18-20(9-32-24)26(33-10-21(18)29(3,31)13-39-4)41-16-11-36(12-16)27(37)19-7-22(19)30/h5-6,8-10,14-16,19,22H,7,11-13,31H2,1-4H3,(H,32,34,35)/t14-,15-,19+,22-,29+/m0/s1. The number of nitrogens with zero attached hydrogens (tertiary/aromatic N) is 4. The van der Waals surface area contributed by atoms with Crippen molar-refractivity contribution in [1.82, 2.24) is 19.9 Å². The lowest BCUT2D eigenvalue weighted by Crippen LogP contribution is -2.56. The van der Waals surface area contributed by atoms with Crippen molar-refractivity contribution >= 4 is 34.3 Å². The molecule has 0 radical (unpaired) electrons. The van der Waals surface area contributed by atoms with Gasteiger partial charge in [-0.1, -0.05) is 6.92 Å². The van der Waals surface area contributed by atoms with Crippen molar-refractivity contribution in [3.8, 4) is 5.88 Å². The zero-order valence-corrected chi connectivity index (χ0v) is 23.4. The van der Waals surface area contributed by atoms with E-state index in [0.717, 1.165) is 10.9 Å². The van der Waals surface area contributed by atoms with Gasteiger partial charge in [0.1, 0.15) is 30.0 Å². The van der Waals surface area contributed by atoms with Crippen molar-refractivity contribution < 1.29 is 28.2 Å². The second-order valence-corrected chi connectivity index (χ2v) is 11.4. The summed E-state index contributed by atoms with van der Waals surface area (Å²) in [6.07, 6.45) is 2.09. The molecule has 6 rings (SSSR count). The Morgan fingerprint density at radius 3 is 2.68 bits per heavy atom. The fraction of sp³-hybridized carbons (Fsp3) is 0.483. The number of likely N-dealkylation sites (tertiary alicyclic amines) is 1. The van der Waals surface area contributed by atoms with Crippen molar-refractivity contribution in [2.24, 2.45) is 11.7 Å². The van der Waals surface area contributed by atoms with E-state index in [0.29, 0.717) is 53.7 Å². The number of esters is 1. The highest BCUT2D eigenvalue weighted by atomic mass is 19.1. The minimum atomic E-state index is -1.02. The summed E-state index contributed by atoms with van der Waals surface area (Å²) in [5, 5.41) is 4.67. The quantitative estimate of drug-likeness (QED) is 0.392. The summed E-state index contributed by atoms with van der Waals surface area (Å²) in [7, 11) is 1.59. The van der Waals surface area contributed by atoms with Crippen LogP contribution in [0, 0.1) is 5.92 Å². The van der Waals surface area contributed by atoms with E-state index >= 15 is 0 Å². The van der Waals surface area contributed by atoms with Gasteiger partial charge in [-0.3, -0.25) is 4.79 Å². The summed E-state index contributed by atoms with van der Waals surface area (Å²) in [5.74, 6) is 0.331. The number of nitrogens with one attached hydrogen (secondary N) is 1. The fourth-order valence-electron chi connectivity index (χ4n) is 5.36. The predicted molar refractivity (Wildman–Crippen MR) is 148 cm³/mol. The highest BCUT2D eigenvalue weighted by molar-refractivity contribution is 5.93. The van der Waals surface area contributed by atoms with E-state index in [9.17, 15) is 14.0 Å². The molecule has 41 heavy (non-hydrogen) atoms. The van der Waals surface area contributed by atoms with E-state index in [1.807, 2.05) is 26.8 Å². The largest absolute Gasteiger partial charge is 0.470 e. The lowest BCUT2D eigenvalue weighted by atomic mass is 9.91. The molecule has 3 aromatic rings. The van der Waals surface area contributed by atoms with E-state index in [1.54, 1.807) is 36.5 Å². The number of alkyl halides is 1. The maximum absolute atomic E-state index is 13.3. The van der Waals surface area contributed by atoms with E-state index in [2.05, 4.69) is 15.3 Å². The van der Waals surface area contributed by atoms with E-state index in [4.69, 9.17) is 24.9 Å². The van der Waals surface area contributed by atoms with Gasteiger partial charge in [0.2, 0.25) is 11.8 Å². The summed E-state index contributed by atoms with van der Waals surface area (Å²) in [4.78, 5) is 40.0. The van der Waals surface area contributed by atoms with Crippen LogP contribution in [-0.2, 0) is 19.8 Å². The number of amides is 1. The second kappa shape index (κ2) is 10.2. The van der Waals surface area contributed by atoms with Crippen molar-refractivity contribution in [2.75, 3.05) is 32.1 Å². The number of nitrogens with two attached hydrogens (primary N) is 1. The monoisotopic (exact) mass is 564 g/mol. The van der Waals surface area contributed by atoms with Crippen LogP contribution in [0.1, 0.15) is 54.7 Å². The first-order valence-corrected chi connectivity index (χ1v) is 13.7. The van der Waals surface area contributed by atoms with Gasteiger partial charge in [0.25, 0.3) is 0 Å². The molecular weight excluding hydrogens is 531 g/mol. The number of hydrogen-bond acceptors (Lipinski definition) is 10. The lowest BCUT2D eigenvalue weighted by Gasteiger charge is -2.39. The molecule has 3 N–H and O–H groups in total. The van der Waals surface area contributed by atoms with Crippen LogP contribution in [0.15, 0.2) is 30.6 Å². The van der Waals surface area contributed by atoms with Crippen LogP contribution in [0.3, 0.4) is 0 Å². The Labute approximate surface area is 236 Å². The second-order valence-electron chi connectivity index (χ2n) is 11.4. The molecule has 1 saturated carbocycles. The van der Waals surface area contributed by atoms with Crippen LogP contribution < -0.4 is 15.8 Å². The van der Waals surface area contributed by atoms with Gasteiger partial charge < -0.3 is 30.2 Å². The number of aromatic nitrogens is 3. The molecule has 12 heteroatoms. The van der Waals surface area contributed by atoms with E-state index in [-0.39, 0.29) is 36.6 Å². The normalized spacial score (nSPS) is 25.1. The van der Waals surface area contributed by atoms with Crippen molar-refractivity contribution in [2.45, 2.75) is 57.0 Å². The minimum Gasteiger partial charge on any atom is -0.470 e. The van der Waals surface area contributed by atoms with Crippen LogP contribution in [0.2, 0.25) is 0 Å². The van der Waals surface area contributed by atoms with Crippen LogP contribution in [0.4, 0.5) is 16.0 Å². The third kappa shape index (κ3) is 5.06. The number of ether oxygens (including phenoxy) is 3. The highest BCUT2D eigenvalue weighted by Crippen LogP contribution is 2.38. The molecule has 0 aromatic carbocycles. The Hall–Kier alpha value is -3.90. The Morgan fingerprint density at radius 1 is 1.22 bits per heavy atom. The summed E-state index contributed by atoms with van der Waals surface area (Å²) >= 11 is 0. The van der Waals surface area contributed by atoms with Gasteiger partial charge in [-0.15, -0.1) is 0 Å². The molecule has 1 amide bonds. The third-order valence-electron chi connectivity index (χ3n) is 8.09. The maximum atomic E-state index is 13.3. The molecule has 216 valence electrons. The first-order valence-electron chi connectivity index (χ1n) is 13.7. The minimum absolute atomic E-state index is 0.0567. The van der Waals surface area contributed by atoms with Crippen molar-refractivity contribution in [3.05, 3.63) is 47.4 Å². The Balaban J connectivity index is 1.28. The van der Waals surface area contributed by atoms with Crippen LogP contribution in [0.5, 0.6) is 5.88 Å². The number of anilines is 2. The maximum Gasteiger partial charge on any atom is 0.340 e. The SMILES string of the molecule is COC[C@@](C)(N)c1cnc(OC2CN(C(=O)[C@@H]3C[C@@H]3F)C2)c2cnc(Nc3ccc4c(n3)[C@@H](C)[C@H](C)OC4=O)cc12. The van der Waals surface area contributed by atoms with Gasteiger partial charge in [0, 0.05) is 31.0 Å². The number of halogens is 1. The first kappa shape index (κ1) is 27.3. The Bertz CT molecular complexity index is 1530. The molecular formula is C29H33FN6O5. The number of pyridine rings is 3. The lowest BCUT2D eigenvalue weighted by molar-refractivity contribution is -0.141. The molecule has 1 aliphatic carbocycles. The molecule has 5 heterocycles. The van der Waals surface area contributed by atoms with Gasteiger partial charge in [0.15, 0.2) is 0 Å².